The van der Waals surface area contributed by atoms with Gasteiger partial charge in [0.1, 0.15) is 6.10 Å². The van der Waals surface area contributed by atoms with Crippen molar-refractivity contribution in [1.29, 1.82) is 0 Å². The molecule has 2 aromatic carbocycles. The average molecular weight is 553 g/mol. The first-order valence-electron chi connectivity index (χ1n) is 15.1. The number of hydrogen-bond donors (Lipinski definition) is 1. The zero-order valence-electron chi connectivity index (χ0n) is 25.7. The van der Waals surface area contributed by atoms with Gasteiger partial charge in [0.25, 0.3) is 0 Å². The molecule has 0 spiro atoms. The maximum absolute atomic E-state index is 12.2. The Morgan fingerprint density at radius 3 is 1.60 bits per heavy atom. The van der Waals surface area contributed by atoms with Gasteiger partial charge in [0, 0.05) is 0 Å². The van der Waals surface area contributed by atoms with Crippen molar-refractivity contribution in [2.45, 2.75) is 92.3 Å². The smallest absolute Gasteiger partial charge is 0.338 e. The third kappa shape index (κ3) is 11.1. The fourth-order valence-electron chi connectivity index (χ4n) is 5.87. The summed E-state index contributed by atoms with van der Waals surface area (Å²) >= 11 is 0. The minimum absolute atomic E-state index is 0.0289. The molecule has 0 aromatic heterocycles. The number of esters is 2. The van der Waals surface area contributed by atoms with Crippen LogP contribution in [0.5, 0.6) is 0 Å². The number of benzene rings is 2. The molecule has 0 unspecified atom stereocenters. The standard InChI is InChI=1S/C17H24O2.C10H20O.C8H8O2/c1-12(2)15-10-9-13(3)11-16(15)19-17(18)14-7-5-4-6-8-14;1-7(2)9-5-4-8(3)6-10(9)11;1-10-8(9)7-5-3-2-4-6-7/h4-8,12-13,15-16H,9-11H2,1-3H3;7-11H,4-6H2,1-3H3;2-6H,1H3/t13-,15+,16-;8-,9+,10-;/m11./s1. The quantitative estimate of drug-likeness (QED) is 0.378. The third-order valence-electron chi connectivity index (χ3n) is 8.41. The maximum Gasteiger partial charge on any atom is 0.338 e. The number of ether oxygens (including phenoxy) is 2. The number of carbonyl (C=O) groups excluding carboxylic acids is 2. The molecule has 222 valence electrons. The number of carbonyl (C=O) groups is 2. The fraction of sp³-hybridized carbons (Fsp3) is 0.600. The zero-order chi connectivity index (χ0) is 29.7. The molecule has 0 heterocycles. The van der Waals surface area contributed by atoms with E-state index in [1.54, 1.807) is 24.3 Å². The summed E-state index contributed by atoms with van der Waals surface area (Å²) in [5, 5.41) is 9.71. The molecule has 0 aliphatic heterocycles. The van der Waals surface area contributed by atoms with E-state index in [0.29, 0.717) is 40.7 Å². The summed E-state index contributed by atoms with van der Waals surface area (Å²) in [6.07, 6.45) is 7.02. The van der Waals surface area contributed by atoms with Crippen molar-refractivity contribution in [1.82, 2.24) is 0 Å². The van der Waals surface area contributed by atoms with Gasteiger partial charge in [-0.3, -0.25) is 0 Å². The number of aliphatic hydroxyl groups is 1. The topological polar surface area (TPSA) is 72.8 Å². The molecule has 2 aliphatic carbocycles. The van der Waals surface area contributed by atoms with Crippen LogP contribution in [0.4, 0.5) is 0 Å². The van der Waals surface area contributed by atoms with E-state index in [0.717, 1.165) is 18.8 Å². The molecule has 4 rings (SSSR count). The molecular weight excluding hydrogens is 500 g/mol. The molecule has 0 bridgehead atoms. The molecule has 2 aliphatic rings. The Labute approximate surface area is 242 Å². The van der Waals surface area contributed by atoms with E-state index < -0.39 is 0 Å². The minimum Gasteiger partial charge on any atom is -0.465 e. The molecule has 0 saturated heterocycles. The molecule has 0 amide bonds. The molecular formula is C35H52O5. The van der Waals surface area contributed by atoms with Gasteiger partial charge in [-0.05, 0) is 85.5 Å². The van der Waals surface area contributed by atoms with Crippen LogP contribution in [0.15, 0.2) is 60.7 Å². The zero-order valence-corrected chi connectivity index (χ0v) is 25.7. The molecule has 5 nitrogen and oxygen atoms in total. The lowest BCUT2D eigenvalue weighted by atomic mass is 9.75. The highest BCUT2D eigenvalue weighted by Gasteiger charge is 2.33. The summed E-state index contributed by atoms with van der Waals surface area (Å²) in [5.41, 5.74) is 1.24. The number of methoxy groups -OCH3 is 1. The predicted octanol–water partition coefficient (Wildman–Crippen LogP) is 8.22. The lowest BCUT2D eigenvalue weighted by Crippen LogP contribution is -2.35. The van der Waals surface area contributed by atoms with Crippen LogP contribution in [0.2, 0.25) is 0 Å². The van der Waals surface area contributed by atoms with E-state index in [2.05, 4.69) is 46.3 Å². The van der Waals surface area contributed by atoms with Crippen LogP contribution in [-0.2, 0) is 9.47 Å². The van der Waals surface area contributed by atoms with E-state index in [4.69, 9.17) is 4.74 Å². The summed E-state index contributed by atoms with van der Waals surface area (Å²) in [7, 11) is 1.37. The van der Waals surface area contributed by atoms with Crippen LogP contribution in [-0.4, -0.2) is 36.4 Å². The van der Waals surface area contributed by atoms with Crippen LogP contribution in [0.25, 0.3) is 0 Å². The first-order valence-corrected chi connectivity index (χ1v) is 15.1. The van der Waals surface area contributed by atoms with E-state index in [-0.39, 0.29) is 24.1 Å². The second-order valence-electron chi connectivity index (χ2n) is 12.4. The van der Waals surface area contributed by atoms with E-state index in [1.807, 2.05) is 36.4 Å². The van der Waals surface area contributed by atoms with Crippen molar-refractivity contribution in [2.75, 3.05) is 7.11 Å². The minimum atomic E-state index is -0.291. The lowest BCUT2D eigenvalue weighted by Gasteiger charge is -2.36. The van der Waals surface area contributed by atoms with Gasteiger partial charge in [0.2, 0.25) is 0 Å². The Balaban J connectivity index is 0.000000228. The molecule has 6 atom stereocenters. The van der Waals surface area contributed by atoms with Gasteiger partial charge in [-0.2, -0.15) is 0 Å². The molecule has 5 heteroatoms. The molecule has 40 heavy (non-hydrogen) atoms. The molecule has 2 saturated carbocycles. The fourth-order valence-corrected chi connectivity index (χ4v) is 5.87. The Kier molecular flexibility index (Phi) is 14.4. The summed E-state index contributed by atoms with van der Waals surface area (Å²) in [5.74, 6) is 3.21. The first kappa shape index (κ1) is 33.5. The van der Waals surface area contributed by atoms with Crippen molar-refractivity contribution in [3.05, 3.63) is 71.8 Å². The van der Waals surface area contributed by atoms with Crippen LogP contribution in [0.3, 0.4) is 0 Å². The summed E-state index contributed by atoms with van der Waals surface area (Å²) < 4.78 is 10.3. The largest absolute Gasteiger partial charge is 0.465 e. The van der Waals surface area contributed by atoms with Gasteiger partial charge >= 0.3 is 11.9 Å². The van der Waals surface area contributed by atoms with E-state index >= 15 is 0 Å². The van der Waals surface area contributed by atoms with Gasteiger partial charge in [-0.15, -0.1) is 0 Å². The van der Waals surface area contributed by atoms with Crippen LogP contribution in [0, 0.1) is 35.5 Å². The monoisotopic (exact) mass is 552 g/mol. The Morgan fingerprint density at radius 1 is 0.700 bits per heavy atom. The maximum atomic E-state index is 12.2. The van der Waals surface area contributed by atoms with Gasteiger partial charge in [0.05, 0.1) is 24.3 Å². The van der Waals surface area contributed by atoms with E-state index in [9.17, 15) is 14.7 Å². The molecule has 0 radical (unpaired) electrons. The highest BCUT2D eigenvalue weighted by molar-refractivity contribution is 5.89. The van der Waals surface area contributed by atoms with Crippen molar-refractivity contribution in [3.63, 3.8) is 0 Å². The Morgan fingerprint density at radius 2 is 1.15 bits per heavy atom. The summed E-state index contributed by atoms with van der Waals surface area (Å²) in [6.45, 7) is 13.4. The predicted molar refractivity (Wildman–Crippen MR) is 162 cm³/mol. The van der Waals surface area contributed by atoms with Gasteiger partial charge in [-0.25, -0.2) is 9.59 Å². The molecule has 2 fully saturated rings. The van der Waals surface area contributed by atoms with Crippen LogP contribution < -0.4 is 0 Å². The van der Waals surface area contributed by atoms with Crippen molar-refractivity contribution in [2.24, 2.45) is 35.5 Å². The van der Waals surface area contributed by atoms with Gasteiger partial charge in [-0.1, -0.05) is 90.8 Å². The van der Waals surface area contributed by atoms with Crippen LogP contribution in [0.1, 0.15) is 101 Å². The number of hydrogen-bond acceptors (Lipinski definition) is 5. The first-order chi connectivity index (χ1) is 19.0. The number of aliphatic hydroxyl groups excluding tert-OH is 1. The average Bonchev–Trinajstić information content (AvgIpc) is 2.94. The second kappa shape index (κ2) is 17.2. The van der Waals surface area contributed by atoms with Crippen LogP contribution >= 0.6 is 0 Å². The highest BCUT2D eigenvalue weighted by atomic mass is 16.5. The van der Waals surface area contributed by atoms with Crippen molar-refractivity contribution < 1.29 is 24.2 Å². The number of rotatable bonds is 5. The molecule has 2 aromatic rings. The van der Waals surface area contributed by atoms with Gasteiger partial charge < -0.3 is 14.6 Å². The molecule has 1 N–H and O–H groups in total. The van der Waals surface area contributed by atoms with Crippen molar-refractivity contribution >= 4 is 11.9 Å². The SMILES string of the molecule is CC(C)[C@@H]1CC[C@@H](C)C[C@H]1O.CC(C)[C@@H]1CC[C@@H](C)C[C@H]1OC(=O)c1ccccc1.COC(=O)c1ccccc1. The lowest BCUT2D eigenvalue weighted by molar-refractivity contribution is -0.0174. The third-order valence-corrected chi connectivity index (χ3v) is 8.41. The van der Waals surface area contributed by atoms with E-state index in [1.165, 1.54) is 32.8 Å². The summed E-state index contributed by atoms with van der Waals surface area (Å²) in [4.78, 5) is 23.0. The van der Waals surface area contributed by atoms with Gasteiger partial charge in [0.15, 0.2) is 0 Å². The normalized spacial score (nSPS) is 26.1. The Hall–Kier alpha value is -2.66. The van der Waals surface area contributed by atoms with Crippen molar-refractivity contribution in [3.8, 4) is 0 Å². The Bertz CT molecular complexity index is 987. The summed E-state index contributed by atoms with van der Waals surface area (Å²) in [6, 6.07) is 18.2. The highest BCUT2D eigenvalue weighted by Crippen LogP contribution is 2.36. The second-order valence-corrected chi connectivity index (χ2v) is 12.4.